The van der Waals surface area contributed by atoms with Gasteiger partial charge in [0.2, 0.25) is 5.13 Å². The van der Waals surface area contributed by atoms with Crippen LogP contribution in [-0.2, 0) is 6.42 Å². The summed E-state index contributed by atoms with van der Waals surface area (Å²) in [6, 6.07) is 0. The van der Waals surface area contributed by atoms with Crippen molar-refractivity contribution in [2.24, 2.45) is 0 Å². The average Bonchev–Trinajstić information content (AvgIpc) is 2.96. The standard InChI is InChI=1S/C13H20N4S/c1-4-14-7-5-6-12-10(2)16-17(11(12)3)13-15-8-9-18-13/h8-9,14H,4-7H2,1-3H3. The van der Waals surface area contributed by atoms with E-state index in [4.69, 9.17) is 0 Å². The minimum atomic E-state index is 0.952. The molecule has 0 radical (unpaired) electrons. The molecule has 2 heterocycles. The van der Waals surface area contributed by atoms with Gasteiger partial charge >= 0.3 is 0 Å². The number of hydrogen-bond donors (Lipinski definition) is 1. The van der Waals surface area contributed by atoms with Gasteiger partial charge in [-0.25, -0.2) is 9.67 Å². The first-order chi connectivity index (χ1) is 8.74. The fourth-order valence-electron chi connectivity index (χ4n) is 2.11. The summed E-state index contributed by atoms with van der Waals surface area (Å²) in [4.78, 5) is 4.32. The molecule has 98 valence electrons. The Morgan fingerprint density at radius 3 is 2.89 bits per heavy atom. The van der Waals surface area contributed by atoms with E-state index < -0.39 is 0 Å². The molecule has 18 heavy (non-hydrogen) atoms. The van der Waals surface area contributed by atoms with Crippen LogP contribution in [0.1, 0.15) is 30.3 Å². The molecule has 2 rings (SSSR count). The molecule has 1 N–H and O–H groups in total. The van der Waals surface area contributed by atoms with Crippen LogP contribution in [0, 0.1) is 13.8 Å². The fraction of sp³-hybridized carbons (Fsp3) is 0.538. The highest BCUT2D eigenvalue weighted by Crippen LogP contribution is 2.20. The highest BCUT2D eigenvalue weighted by molar-refractivity contribution is 7.12. The van der Waals surface area contributed by atoms with E-state index in [1.54, 1.807) is 11.3 Å². The second-order valence-electron chi connectivity index (χ2n) is 4.33. The fourth-order valence-corrected chi connectivity index (χ4v) is 2.75. The summed E-state index contributed by atoms with van der Waals surface area (Å²) in [5.41, 5.74) is 3.71. The first kappa shape index (κ1) is 13.2. The molecule has 0 aromatic carbocycles. The molecular weight excluding hydrogens is 244 g/mol. The lowest BCUT2D eigenvalue weighted by Gasteiger charge is -2.03. The summed E-state index contributed by atoms with van der Waals surface area (Å²) >= 11 is 1.62. The number of aromatic nitrogens is 3. The van der Waals surface area contributed by atoms with Crippen molar-refractivity contribution in [1.29, 1.82) is 0 Å². The Morgan fingerprint density at radius 2 is 2.22 bits per heavy atom. The zero-order valence-corrected chi connectivity index (χ0v) is 12.0. The molecule has 0 aliphatic rings. The van der Waals surface area contributed by atoms with Crippen LogP contribution in [0.15, 0.2) is 11.6 Å². The summed E-state index contributed by atoms with van der Waals surface area (Å²) < 4.78 is 1.96. The Bertz CT molecular complexity index is 487. The van der Waals surface area contributed by atoms with Crippen molar-refractivity contribution in [2.45, 2.75) is 33.6 Å². The van der Waals surface area contributed by atoms with E-state index in [1.807, 2.05) is 16.3 Å². The SMILES string of the molecule is CCNCCCc1c(C)nn(-c2nccs2)c1C. The van der Waals surface area contributed by atoms with Gasteiger partial charge in [0.15, 0.2) is 0 Å². The molecule has 0 spiro atoms. The first-order valence-electron chi connectivity index (χ1n) is 6.39. The van der Waals surface area contributed by atoms with Crippen molar-refractivity contribution in [3.05, 3.63) is 28.5 Å². The lowest BCUT2D eigenvalue weighted by Crippen LogP contribution is -2.14. The number of thiazole rings is 1. The van der Waals surface area contributed by atoms with Crippen molar-refractivity contribution in [3.8, 4) is 5.13 Å². The Hall–Kier alpha value is -1.20. The second-order valence-corrected chi connectivity index (χ2v) is 5.21. The molecule has 2 aromatic heterocycles. The van der Waals surface area contributed by atoms with E-state index in [9.17, 15) is 0 Å². The van der Waals surface area contributed by atoms with E-state index in [-0.39, 0.29) is 0 Å². The smallest absolute Gasteiger partial charge is 0.210 e. The van der Waals surface area contributed by atoms with Crippen LogP contribution >= 0.6 is 11.3 Å². The molecule has 4 nitrogen and oxygen atoms in total. The second kappa shape index (κ2) is 6.11. The van der Waals surface area contributed by atoms with Gasteiger partial charge < -0.3 is 5.32 Å². The van der Waals surface area contributed by atoms with Gasteiger partial charge in [-0.2, -0.15) is 5.10 Å². The van der Waals surface area contributed by atoms with Gasteiger partial charge in [-0.3, -0.25) is 0 Å². The van der Waals surface area contributed by atoms with Gasteiger partial charge in [0.05, 0.1) is 5.69 Å². The van der Waals surface area contributed by atoms with Crippen LogP contribution in [0.3, 0.4) is 0 Å². The van der Waals surface area contributed by atoms with Crippen LogP contribution in [0.5, 0.6) is 0 Å². The topological polar surface area (TPSA) is 42.7 Å². The van der Waals surface area contributed by atoms with E-state index in [1.165, 1.54) is 11.3 Å². The normalized spacial score (nSPS) is 11.1. The van der Waals surface area contributed by atoms with E-state index in [0.29, 0.717) is 0 Å². The third-order valence-corrected chi connectivity index (χ3v) is 3.82. The van der Waals surface area contributed by atoms with Gasteiger partial charge in [-0.05, 0) is 45.3 Å². The molecule has 0 unspecified atom stereocenters. The highest BCUT2D eigenvalue weighted by Gasteiger charge is 2.13. The molecule has 0 atom stereocenters. The van der Waals surface area contributed by atoms with E-state index in [2.05, 4.69) is 36.2 Å². The molecule has 0 aliphatic carbocycles. The van der Waals surface area contributed by atoms with E-state index in [0.717, 1.165) is 36.8 Å². The summed E-state index contributed by atoms with van der Waals surface area (Å²) in [5, 5.41) is 10.9. The predicted octanol–water partition coefficient (Wildman–Crippen LogP) is 2.49. The van der Waals surface area contributed by atoms with Gasteiger partial charge in [0.25, 0.3) is 0 Å². The van der Waals surface area contributed by atoms with Gasteiger partial charge in [0.1, 0.15) is 0 Å². The van der Waals surface area contributed by atoms with Gasteiger partial charge in [-0.1, -0.05) is 6.92 Å². The number of aryl methyl sites for hydroxylation is 1. The molecule has 5 heteroatoms. The molecule has 0 saturated carbocycles. The van der Waals surface area contributed by atoms with Gasteiger partial charge in [0, 0.05) is 17.3 Å². The monoisotopic (exact) mass is 264 g/mol. The van der Waals surface area contributed by atoms with Crippen LogP contribution < -0.4 is 5.32 Å². The number of rotatable bonds is 6. The van der Waals surface area contributed by atoms with Crippen molar-refractivity contribution in [2.75, 3.05) is 13.1 Å². The maximum absolute atomic E-state index is 4.60. The van der Waals surface area contributed by atoms with Crippen LogP contribution in [0.4, 0.5) is 0 Å². The molecule has 0 saturated heterocycles. The van der Waals surface area contributed by atoms with Crippen molar-refractivity contribution < 1.29 is 0 Å². The molecule has 0 bridgehead atoms. The molecule has 0 fully saturated rings. The molecule has 2 aromatic rings. The molecular formula is C13H20N4S. The van der Waals surface area contributed by atoms with Crippen molar-refractivity contribution >= 4 is 11.3 Å². The lowest BCUT2D eigenvalue weighted by atomic mass is 10.1. The molecule has 0 aliphatic heterocycles. The number of nitrogens with zero attached hydrogens (tertiary/aromatic N) is 3. The Labute approximate surface area is 112 Å². The number of nitrogens with one attached hydrogen (secondary N) is 1. The van der Waals surface area contributed by atoms with E-state index >= 15 is 0 Å². The average molecular weight is 264 g/mol. The maximum atomic E-state index is 4.60. The zero-order chi connectivity index (χ0) is 13.0. The first-order valence-corrected chi connectivity index (χ1v) is 7.27. The highest BCUT2D eigenvalue weighted by atomic mass is 32.1. The maximum Gasteiger partial charge on any atom is 0.210 e. The Kier molecular flexibility index (Phi) is 4.49. The third-order valence-electron chi connectivity index (χ3n) is 3.07. The minimum Gasteiger partial charge on any atom is -0.317 e. The van der Waals surface area contributed by atoms with Crippen molar-refractivity contribution in [3.63, 3.8) is 0 Å². The Morgan fingerprint density at radius 1 is 1.39 bits per heavy atom. The molecule has 0 amide bonds. The number of hydrogen-bond acceptors (Lipinski definition) is 4. The Balaban J connectivity index is 2.12. The third kappa shape index (κ3) is 2.79. The quantitative estimate of drug-likeness (QED) is 0.815. The zero-order valence-electron chi connectivity index (χ0n) is 11.2. The van der Waals surface area contributed by atoms with Crippen LogP contribution in [-0.4, -0.2) is 27.9 Å². The summed E-state index contributed by atoms with van der Waals surface area (Å²) in [5.74, 6) is 0. The minimum absolute atomic E-state index is 0.952. The van der Waals surface area contributed by atoms with Crippen molar-refractivity contribution in [1.82, 2.24) is 20.1 Å². The van der Waals surface area contributed by atoms with Crippen LogP contribution in [0.25, 0.3) is 5.13 Å². The largest absolute Gasteiger partial charge is 0.317 e. The predicted molar refractivity (Wildman–Crippen MR) is 75.6 cm³/mol. The van der Waals surface area contributed by atoms with Gasteiger partial charge in [-0.15, -0.1) is 11.3 Å². The lowest BCUT2D eigenvalue weighted by molar-refractivity contribution is 0.670. The summed E-state index contributed by atoms with van der Waals surface area (Å²) in [7, 11) is 0. The summed E-state index contributed by atoms with van der Waals surface area (Å²) in [6.45, 7) is 8.45. The van der Waals surface area contributed by atoms with Crippen LogP contribution in [0.2, 0.25) is 0 Å². The summed E-state index contributed by atoms with van der Waals surface area (Å²) in [6.07, 6.45) is 4.05.